The Morgan fingerprint density at radius 1 is 1.14 bits per heavy atom. The lowest BCUT2D eigenvalue weighted by molar-refractivity contribution is -0.117. The minimum atomic E-state index is -0.335. The molecule has 9 heteroatoms. The molecule has 1 N–H and O–H groups in total. The van der Waals surface area contributed by atoms with Crippen LogP contribution in [0.15, 0.2) is 40.9 Å². The van der Waals surface area contributed by atoms with Gasteiger partial charge >= 0.3 is 0 Å². The zero-order valence-electron chi connectivity index (χ0n) is 21.1. The molecule has 8 nitrogen and oxygen atoms in total. The first kappa shape index (κ1) is 24.0. The van der Waals surface area contributed by atoms with Crippen molar-refractivity contribution in [3.63, 3.8) is 0 Å². The van der Waals surface area contributed by atoms with Crippen LogP contribution in [0.25, 0.3) is 22.2 Å². The number of fused-ring (bicyclic) bond motifs is 1. The Kier molecular flexibility index (Phi) is 5.96. The van der Waals surface area contributed by atoms with Crippen molar-refractivity contribution >= 4 is 34.2 Å². The van der Waals surface area contributed by atoms with Gasteiger partial charge in [-0.25, -0.2) is 4.98 Å². The number of methoxy groups -OCH3 is 1. The molecule has 37 heavy (non-hydrogen) atoms. The Balaban J connectivity index is 1.50. The van der Waals surface area contributed by atoms with Crippen molar-refractivity contribution in [3.8, 4) is 16.9 Å². The molecule has 1 aliphatic heterocycles. The molecule has 0 spiro atoms. The van der Waals surface area contributed by atoms with E-state index in [-0.39, 0.29) is 24.1 Å². The van der Waals surface area contributed by atoms with Crippen LogP contribution in [0.2, 0.25) is 5.02 Å². The number of imidazole rings is 1. The fraction of sp³-hybridized carbons (Fsp3) is 0.393. The molecular formula is C28H29ClN4O4. The number of halogens is 1. The third kappa shape index (κ3) is 3.99. The molecular weight excluding hydrogens is 492 g/mol. The van der Waals surface area contributed by atoms with Gasteiger partial charge in [-0.3, -0.25) is 4.79 Å². The molecule has 1 amide bonds. The van der Waals surface area contributed by atoms with Crippen LogP contribution in [0, 0.1) is 13.8 Å². The van der Waals surface area contributed by atoms with Gasteiger partial charge < -0.3 is 23.8 Å². The second-order valence-corrected chi connectivity index (χ2v) is 10.4. The number of amides is 1. The first-order valence-corrected chi connectivity index (χ1v) is 13.0. The maximum absolute atomic E-state index is 13.2. The highest BCUT2D eigenvalue weighted by molar-refractivity contribution is 6.32. The van der Waals surface area contributed by atoms with Gasteiger partial charge in [0.25, 0.3) is 0 Å². The lowest BCUT2D eigenvalue weighted by Gasteiger charge is -2.27. The Morgan fingerprint density at radius 2 is 1.97 bits per heavy atom. The number of aromatic nitrogens is 3. The summed E-state index contributed by atoms with van der Waals surface area (Å²) in [5.74, 6) is 2.20. The highest BCUT2D eigenvalue weighted by Gasteiger charge is 2.39. The number of aliphatic hydroxyl groups is 1. The number of nitrogens with zero attached hydrogens (tertiary/aromatic N) is 4. The molecule has 1 saturated carbocycles. The van der Waals surface area contributed by atoms with E-state index in [1.165, 1.54) is 0 Å². The van der Waals surface area contributed by atoms with Gasteiger partial charge in [0.15, 0.2) is 0 Å². The molecule has 2 aromatic carbocycles. The average Bonchev–Trinajstić information content (AvgIpc) is 3.64. The van der Waals surface area contributed by atoms with E-state index in [1.54, 1.807) is 19.2 Å². The van der Waals surface area contributed by atoms with E-state index in [1.807, 2.05) is 24.8 Å². The highest BCUT2D eigenvalue weighted by atomic mass is 35.5. The number of hydrogen-bond acceptors (Lipinski definition) is 6. The fourth-order valence-corrected chi connectivity index (χ4v) is 6.27. The van der Waals surface area contributed by atoms with Crippen molar-refractivity contribution in [2.24, 2.45) is 0 Å². The highest BCUT2D eigenvalue weighted by Crippen LogP contribution is 2.43. The Labute approximate surface area is 219 Å². The summed E-state index contributed by atoms with van der Waals surface area (Å²) in [6, 6.07) is 11.5. The van der Waals surface area contributed by atoms with E-state index in [9.17, 15) is 9.90 Å². The predicted octanol–water partition coefficient (Wildman–Crippen LogP) is 5.92. The zero-order valence-corrected chi connectivity index (χ0v) is 21.8. The summed E-state index contributed by atoms with van der Waals surface area (Å²) < 4.78 is 13.0. The van der Waals surface area contributed by atoms with E-state index < -0.39 is 0 Å². The van der Waals surface area contributed by atoms with E-state index in [2.05, 4.69) is 27.9 Å². The summed E-state index contributed by atoms with van der Waals surface area (Å²) in [6.07, 6.45) is 3.02. The van der Waals surface area contributed by atoms with Gasteiger partial charge in [0, 0.05) is 23.7 Å². The van der Waals surface area contributed by atoms with Crippen LogP contribution in [0.1, 0.15) is 61.5 Å². The Bertz CT molecular complexity index is 1490. The van der Waals surface area contributed by atoms with E-state index in [4.69, 9.17) is 25.8 Å². The summed E-state index contributed by atoms with van der Waals surface area (Å²) in [4.78, 5) is 20.1. The van der Waals surface area contributed by atoms with Crippen molar-refractivity contribution < 1.29 is 19.2 Å². The SMILES string of the molecule is COc1ccc(N2C(=O)CC[C@H]2c2nc3cc(-c4c(C)noc4C)ccc3n2[C@@H]2CC[C@@H](O)C2)cc1Cl. The number of ether oxygens (including phenoxy) is 1. The third-order valence-electron chi connectivity index (χ3n) is 7.70. The van der Waals surface area contributed by atoms with Crippen molar-refractivity contribution in [2.75, 3.05) is 12.0 Å². The average molecular weight is 521 g/mol. The molecule has 2 fully saturated rings. The summed E-state index contributed by atoms with van der Waals surface area (Å²) >= 11 is 6.43. The van der Waals surface area contributed by atoms with Crippen LogP contribution < -0.4 is 9.64 Å². The summed E-state index contributed by atoms with van der Waals surface area (Å²) in [6.45, 7) is 3.84. The van der Waals surface area contributed by atoms with Crippen LogP contribution in [-0.4, -0.2) is 38.9 Å². The van der Waals surface area contributed by atoms with Crippen molar-refractivity contribution in [1.82, 2.24) is 14.7 Å². The van der Waals surface area contributed by atoms with Gasteiger partial charge in [0.05, 0.1) is 41.0 Å². The minimum Gasteiger partial charge on any atom is -0.495 e. The lowest BCUT2D eigenvalue weighted by atomic mass is 10.0. The maximum atomic E-state index is 13.2. The van der Waals surface area contributed by atoms with Gasteiger partial charge in [-0.05, 0) is 75.4 Å². The van der Waals surface area contributed by atoms with Gasteiger partial charge in [-0.15, -0.1) is 0 Å². The maximum Gasteiger partial charge on any atom is 0.227 e. The fourth-order valence-electron chi connectivity index (χ4n) is 6.01. The molecule has 1 saturated heterocycles. The standard InChI is InChI=1S/C28H29ClN4O4/c1-15-27(16(2)37-31-15)17-4-8-23-22(12-17)30-28(33(23)18-5-7-20(34)13-18)24-9-11-26(35)32(24)19-6-10-25(36-3)21(29)14-19/h4,6,8,10,12,14,18,20,24,34H,5,7,9,11,13H2,1-3H3/t18-,20-,24+/m1/s1. The number of rotatable bonds is 5. The molecule has 3 atom stereocenters. The molecule has 2 aliphatic rings. The topological polar surface area (TPSA) is 93.6 Å². The summed E-state index contributed by atoms with van der Waals surface area (Å²) in [5, 5.41) is 14.9. The van der Waals surface area contributed by atoms with E-state index >= 15 is 0 Å². The quantitative estimate of drug-likeness (QED) is 0.351. The van der Waals surface area contributed by atoms with E-state index in [0.717, 1.165) is 58.0 Å². The monoisotopic (exact) mass is 520 g/mol. The first-order chi connectivity index (χ1) is 17.9. The molecule has 3 heterocycles. The molecule has 0 bridgehead atoms. The smallest absolute Gasteiger partial charge is 0.227 e. The second kappa shape index (κ2) is 9.19. The van der Waals surface area contributed by atoms with Crippen LogP contribution >= 0.6 is 11.6 Å². The first-order valence-electron chi connectivity index (χ1n) is 12.6. The molecule has 0 radical (unpaired) electrons. The van der Waals surface area contributed by atoms with Crippen LogP contribution in [-0.2, 0) is 4.79 Å². The number of aliphatic hydroxyl groups excluding tert-OH is 1. The number of carbonyl (C=O) groups is 1. The minimum absolute atomic E-state index is 0.0349. The number of hydrogen-bond donors (Lipinski definition) is 1. The van der Waals surface area contributed by atoms with E-state index in [0.29, 0.717) is 30.0 Å². The Hall–Kier alpha value is -3.36. The van der Waals surface area contributed by atoms with Gasteiger partial charge in [0.1, 0.15) is 17.3 Å². The molecule has 1 aliphatic carbocycles. The zero-order chi connectivity index (χ0) is 25.8. The summed E-state index contributed by atoms with van der Waals surface area (Å²) in [7, 11) is 1.57. The van der Waals surface area contributed by atoms with Crippen molar-refractivity contribution in [3.05, 3.63) is 58.7 Å². The molecule has 6 rings (SSSR count). The van der Waals surface area contributed by atoms with Crippen LogP contribution in [0.3, 0.4) is 0 Å². The lowest BCUT2D eigenvalue weighted by Crippen LogP contribution is -2.29. The van der Waals surface area contributed by atoms with Gasteiger partial charge in [-0.2, -0.15) is 0 Å². The molecule has 0 unspecified atom stereocenters. The van der Waals surface area contributed by atoms with Crippen LogP contribution in [0.5, 0.6) is 5.75 Å². The van der Waals surface area contributed by atoms with Crippen molar-refractivity contribution in [2.45, 2.75) is 64.1 Å². The third-order valence-corrected chi connectivity index (χ3v) is 8.00. The molecule has 2 aromatic heterocycles. The number of benzene rings is 2. The van der Waals surface area contributed by atoms with Gasteiger partial charge in [0.2, 0.25) is 5.91 Å². The van der Waals surface area contributed by atoms with Crippen molar-refractivity contribution in [1.29, 1.82) is 0 Å². The van der Waals surface area contributed by atoms with Crippen LogP contribution in [0.4, 0.5) is 5.69 Å². The number of carbonyl (C=O) groups excluding carboxylic acids is 1. The normalized spacial score (nSPS) is 21.9. The predicted molar refractivity (Wildman–Crippen MR) is 141 cm³/mol. The second-order valence-electron chi connectivity index (χ2n) is 10.0. The number of aryl methyl sites for hydroxylation is 2. The largest absolute Gasteiger partial charge is 0.495 e. The summed E-state index contributed by atoms with van der Waals surface area (Å²) in [5.41, 5.74) is 5.37. The van der Waals surface area contributed by atoms with Gasteiger partial charge in [-0.1, -0.05) is 22.8 Å². The number of anilines is 1. The Morgan fingerprint density at radius 3 is 2.65 bits per heavy atom. The molecule has 4 aromatic rings. The molecule has 192 valence electrons.